The fourth-order valence-electron chi connectivity index (χ4n) is 2.31. The van der Waals surface area contributed by atoms with Gasteiger partial charge in [0.25, 0.3) is 0 Å². The molecule has 1 unspecified atom stereocenters. The van der Waals surface area contributed by atoms with E-state index in [2.05, 4.69) is 57.3 Å². The number of nitrogens with one attached hydrogen (secondary N) is 1. The highest BCUT2D eigenvalue weighted by Gasteiger charge is 2.13. The average Bonchev–Trinajstić information content (AvgIpc) is 2.34. The van der Waals surface area contributed by atoms with Crippen LogP contribution in [0, 0.1) is 5.92 Å². The Balaban J connectivity index is 2.80. The molecular formula is C16H27N. The van der Waals surface area contributed by atoms with Crippen molar-refractivity contribution < 1.29 is 0 Å². The van der Waals surface area contributed by atoms with Gasteiger partial charge in [-0.1, -0.05) is 52.0 Å². The highest BCUT2D eigenvalue weighted by atomic mass is 14.9. The molecule has 0 aromatic heterocycles. The van der Waals surface area contributed by atoms with Crippen molar-refractivity contribution in [2.24, 2.45) is 5.92 Å². The maximum Gasteiger partial charge on any atom is 0.0322 e. The molecule has 1 N–H and O–H groups in total. The van der Waals surface area contributed by atoms with Crippen LogP contribution in [0.15, 0.2) is 24.3 Å². The van der Waals surface area contributed by atoms with Crippen molar-refractivity contribution in [3.05, 3.63) is 35.4 Å². The van der Waals surface area contributed by atoms with Gasteiger partial charge in [-0.3, -0.25) is 0 Å². The van der Waals surface area contributed by atoms with Gasteiger partial charge >= 0.3 is 0 Å². The number of hydrogen-bond donors (Lipinski definition) is 1. The summed E-state index contributed by atoms with van der Waals surface area (Å²) in [5, 5.41) is 3.63. The number of aryl methyl sites for hydroxylation is 1. The van der Waals surface area contributed by atoms with Crippen LogP contribution >= 0.6 is 0 Å². The number of hydrogen-bond acceptors (Lipinski definition) is 1. The van der Waals surface area contributed by atoms with Gasteiger partial charge in [0.2, 0.25) is 0 Å². The minimum atomic E-state index is 0.526. The first-order chi connectivity index (χ1) is 8.19. The van der Waals surface area contributed by atoms with E-state index in [0.717, 1.165) is 18.9 Å². The van der Waals surface area contributed by atoms with Crippen molar-refractivity contribution in [2.75, 3.05) is 6.54 Å². The lowest BCUT2D eigenvalue weighted by Crippen LogP contribution is -2.22. The molecule has 0 spiro atoms. The van der Waals surface area contributed by atoms with Gasteiger partial charge in [-0.05, 0) is 42.9 Å². The lowest BCUT2D eigenvalue weighted by atomic mass is 9.93. The summed E-state index contributed by atoms with van der Waals surface area (Å²) in [5.41, 5.74) is 2.99. The van der Waals surface area contributed by atoms with E-state index >= 15 is 0 Å². The Morgan fingerprint density at radius 3 is 2.35 bits per heavy atom. The van der Waals surface area contributed by atoms with Gasteiger partial charge in [0.05, 0.1) is 0 Å². The van der Waals surface area contributed by atoms with Crippen LogP contribution in [0.5, 0.6) is 0 Å². The second-order valence-electron chi connectivity index (χ2n) is 5.13. The van der Waals surface area contributed by atoms with Crippen LogP contribution in [0.3, 0.4) is 0 Å². The molecule has 0 bridgehead atoms. The van der Waals surface area contributed by atoms with Gasteiger partial charge in [0.15, 0.2) is 0 Å². The largest absolute Gasteiger partial charge is 0.310 e. The van der Waals surface area contributed by atoms with Crippen LogP contribution < -0.4 is 5.32 Å². The average molecular weight is 233 g/mol. The van der Waals surface area contributed by atoms with Crippen LogP contribution in [0.2, 0.25) is 0 Å². The summed E-state index contributed by atoms with van der Waals surface area (Å²) in [7, 11) is 0. The van der Waals surface area contributed by atoms with Crippen LogP contribution in [-0.4, -0.2) is 6.54 Å². The van der Waals surface area contributed by atoms with E-state index in [1.165, 1.54) is 24.0 Å². The van der Waals surface area contributed by atoms with Crippen LogP contribution in [-0.2, 0) is 6.42 Å². The molecular weight excluding hydrogens is 206 g/mol. The van der Waals surface area contributed by atoms with Crippen molar-refractivity contribution in [1.29, 1.82) is 0 Å². The van der Waals surface area contributed by atoms with Crippen LogP contribution in [0.4, 0.5) is 0 Å². The minimum absolute atomic E-state index is 0.526. The number of benzene rings is 1. The van der Waals surface area contributed by atoms with E-state index in [1.54, 1.807) is 0 Å². The van der Waals surface area contributed by atoms with E-state index in [0.29, 0.717) is 6.04 Å². The molecule has 17 heavy (non-hydrogen) atoms. The van der Waals surface area contributed by atoms with E-state index in [4.69, 9.17) is 0 Å². The predicted molar refractivity (Wildman–Crippen MR) is 76.3 cm³/mol. The predicted octanol–water partition coefficient (Wildman–Crippen LogP) is 4.34. The van der Waals surface area contributed by atoms with Crippen molar-refractivity contribution in [3.63, 3.8) is 0 Å². The molecule has 1 atom stereocenters. The second kappa shape index (κ2) is 7.50. The zero-order chi connectivity index (χ0) is 12.7. The molecule has 0 fully saturated rings. The lowest BCUT2D eigenvalue weighted by Gasteiger charge is -2.22. The molecule has 0 aliphatic carbocycles. The van der Waals surface area contributed by atoms with E-state index in [1.807, 2.05) is 0 Å². The smallest absolute Gasteiger partial charge is 0.0322 e. The standard InChI is InChI=1S/C16H27N/c1-5-14-9-7-8-10-15(14)16(17-6-2)12-11-13(3)4/h7-10,13,16-17H,5-6,11-12H2,1-4H3. The van der Waals surface area contributed by atoms with Crippen molar-refractivity contribution in [2.45, 2.75) is 53.0 Å². The molecule has 0 amide bonds. The molecule has 96 valence electrons. The van der Waals surface area contributed by atoms with Gasteiger partial charge in [0.1, 0.15) is 0 Å². The Morgan fingerprint density at radius 1 is 1.06 bits per heavy atom. The summed E-state index contributed by atoms with van der Waals surface area (Å²) in [4.78, 5) is 0. The third kappa shape index (κ3) is 4.51. The third-order valence-corrected chi connectivity index (χ3v) is 3.29. The number of rotatable bonds is 7. The van der Waals surface area contributed by atoms with Crippen molar-refractivity contribution in [3.8, 4) is 0 Å². The normalized spacial score (nSPS) is 13.0. The molecule has 1 aromatic rings. The first kappa shape index (κ1) is 14.2. The zero-order valence-corrected chi connectivity index (χ0v) is 11.8. The highest BCUT2D eigenvalue weighted by Crippen LogP contribution is 2.24. The molecule has 0 aliphatic heterocycles. The van der Waals surface area contributed by atoms with Crippen LogP contribution in [0.25, 0.3) is 0 Å². The summed E-state index contributed by atoms with van der Waals surface area (Å²) in [6.07, 6.45) is 3.65. The topological polar surface area (TPSA) is 12.0 Å². The van der Waals surface area contributed by atoms with E-state index < -0.39 is 0 Å². The van der Waals surface area contributed by atoms with Gasteiger partial charge in [-0.25, -0.2) is 0 Å². The van der Waals surface area contributed by atoms with E-state index in [-0.39, 0.29) is 0 Å². The highest BCUT2D eigenvalue weighted by molar-refractivity contribution is 5.30. The Labute approximate surface area is 107 Å². The summed E-state index contributed by atoms with van der Waals surface area (Å²) in [6.45, 7) is 10.1. The summed E-state index contributed by atoms with van der Waals surface area (Å²) >= 11 is 0. The second-order valence-corrected chi connectivity index (χ2v) is 5.13. The fraction of sp³-hybridized carbons (Fsp3) is 0.625. The summed E-state index contributed by atoms with van der Waals surface area (Å²) < 4.78 is 0. The lowest BCUT2D eigenvalue weighted by molar-refractivity contribution is 0.446. The maximum atomic E-state index is 3.63. The molecule has 1 nitrogen and oxygen atoms in total. The van der Waals surface area contributed by atoms with Gasteiger partial charge < -0.3 is 5.32 Å². The molecule has 1 heteroatoms. The Kier molecular flexibility index (Phi) is 6.28. The molecule has 0 aliphatic rings. The molecule has 0 saturated heterocycles. The Morgan fingerprint density at radius 2 is 1.76 bits per heavy atom. The first-order valence-electron chi connectivity index (χ1n) is 7.00. The third-order valence-electron chi connectivity index (χ3n) is 3.29. The van der Waals surface area contributed by atoms with Gasteiger partial charge in [0, 0.05) is 6.04 Å². The van der Waals surface area contributed by atoms with Crippen molar-refractivity contribution >= 4 is 0 Å². The molecule has 0 radical (unpaired) electrons. The quantitative estimate of drug-likeness (QED) is 0.739. The fourth-order valence-corrected chi connectivity index (χ4v) is 2.31. The van der Waals surface area contributed by atoms with E-state index in [9.17, 15) is 0 Å². The molecule has 0 saturated carbocycles. The van der Waals surface area contributed by atoms with Gasteiger partial charge in [-0.15, -0.1) is 0 Å². The maximum absolute atomic E-state index is 3.63. The molecule has 0 heterocycles. The zero-order valence-electron chi connectivity index (χ0n) is 11.8. The molecule has 1 rings (SSSR count). The van der Waals surface area contributed by atoms with Crippen LogP contribution in [0.1, 0.15) is 57.7 Å². The Hall–Kier alpha value is -0.820. The minimum Gasteiger partial charge on any atom is -0.310 e. The summed E-state index contributed by atoms with van der Waals surface area (Å²) in [6, 6.07) is 9.38. The SMILES string of the molecule is CCNC(CCC(C)C)c1ccccc1CC. The monoisotopic (exact) mass is 233 g/mol. The Bertz CT molecular complexity index is 317. The first-order valence-corrected chi connectivity index (χ1v) is 7.00. The molecule has 1 aromatic carbocycles. The summed E-state index contributed by atoms with van der Waals surface area (Å²) in [5.74, 6) is 0.782. The van der Waals surface area contributed by atoms with Gasteiger partial charge in [-0.2, -0.15) is 0 Å². The van der Waals surface area contributed by atoms with Crippen molar-refractivity contribution in [1.82, 2.24) is 5.32 Å².